The molecule has 0 spiro atoms. The third-order valence-corrected chi connectivity index (χ3v) is 7.56. The second-order valence-corrected chi connectivity index (χ2v) is 10.1. The fraction of sp³-hybridized carbons (Fsp3) is 0.300. The summed E-state index contributed by atoms with van der Waals surface area (Å²) in [6, 6.07) is 11.7. The fourth-order valence-electron chi connectivity index (χ4n) is 4.36. The molecular weight excluding hydrogens is 548 g/mol. The number of rotatable bonds is 10. The van der Waals surface area contributed by atoms with Gasteiger partial charge in [0, 0.05) is 5.56 Å². The number of ketones is 1. The molecular formula is C30H30N2O8S. The summed E-state index contributed by atoms with van der Waals surface area (Å²) in [6.45, 7) is 5.97. The minimum atomic E-state index is -1.10. The number of hydrogen-bond donors (Lipinski definition) is 1. The summed E-state index contributed by atoms with van der Waals surface area (Å²) >= 11 is 0.913. The third-order valence-electron chi connectivity index (χ3n) is 6.42. The van der Waals surface area contributed by atoms with Gasteiger partial charge < -0.3 is 19.3 Å². The molecule has 2 heterocycles. The lowest BCUT2D eigenvalue weighted by molar-refractivity contribution is -0.132. The van der Waals surface area contributed by atoms with Crippen LogP contribution in [0.2, 0.25) is 0 Å². The summed E-state index contributed by atoms with van der Waals surface area (Å²) in [4.78, 5) is 57.3. The summed E-state index contributed by atoms with van der Waals surface area (Å²) in [5, 5.41) is 11.5. The summed E-state index contributed by atoms with van der Waals surface area (Å²) in [5.41, 5.74) is 1.15. The smallest absolute Gasteiger partial charge is 0.350 e. The van der Waals surface area contributed by atoms with Gasteiger partial charge in [-0.25, -0.2) is 14.6 Å². The number of methoxy groups -OCH3 is 1. The summed E-state index contributed by atoms with van der Waals surface area (Å²) < 4.78 is 15.6. The minimum Gasteiger partial charge on any atom is -0.507 e. The predicted octanol–water partition coefficient (Wildman–Crippen LogP) is 5.22. The van der Waals surface area contributed by atoms with E-state index in [-0.39, 0.29) is 33.3 Å². The number of Topliss-reactive ketones (excluding diaryl/α,β-unsaturated/α-hetero) is 1. The van der Waals surface area contributed by atoms with Crippen LogP contribution >= 0.6 is 11.3 Å². The molecule has 1 unspecified atom stereocenters. The first-order chi connectivity index (χ1) is 19.7. The van der Waals surface area contributed by atoms with Gasteiger partial charge in [0.1, 0.15) is 16.4 Å². The Morgan fingerprint density at radius 1 is 1.05 bits per heavy atom. The zero-order valence-corrected chi connectivity index (χ0v) is 23.9. The van der Waals surface area contributed by atoms with Crippen molar-refractivity contribution in [1.82, 2.24) is 4.98 Å². The molecule has 2 aromatic carbocycles. The molecule has 0 saturated carbocycles. The average Bonchev–Trinajstić information content (AvgIpc) is 3.49. The van der Waals surface area contributed by atoms with E-state index in [1.54, 1.807) is 50.2 Å². The molecule has 0 aliphatic carbocycles. The molecule has 214 valence electrons. The Morgan fingerprint density at radius 2 is 1.78 bits per heavy atom. The molecule has 1 N–H and O–H groups in total. The molecule has 1 amide bonds. The molecule has 1 fully saturated rings. The number of aromatic nitrogens is 1. The second-order valence-electron chi connectivity index (χ2n) is 9.14. The molecule has 1 atom stereocenters. The Bertz CT molecular complexity index is 1510. The van der Waals surface area contributed by atoms with E-state index in [0.717, 1.165) is 29.1 Å². The molecule has 1 aliphatic heterocycles. The molecule has 0 bridgehead atoms. The van der Waals surface area contributed by atoms with E-state index in [0.29, 0.717) is 23.6 Å². The second kappa shape index (κ2) is 12.8. The largest absolute Gasteiger partial charge is 0.507 e. The number of aryl methyl sites for hydroxylation is 1. The SMILES string of the molecule is CCCCOc1cccc(C(O)=C2C(=O)C(=O)N(c3nc(C)c(C(=O)OCC)s3)C2c2ccc(C(=O)OC)cc2)c1. The first-order valence-electron chi connectivity index (χ1n) is 13.1. The van der Waals surface area contributed by atoms with Crippen LogP contribution in [0.25, 0.3) is 5.76 Å². The first kappa shape index (κ1) is 29.5. The molecule has 1 saturated heterocycles. The number of aliphatic hydroxyl groups is 1. The van der Waals surface area contributed by atoms with Crippen molar-refractivity contribution in [1.29, 1.82) is 0 Å². The highest BCUT2D eigenvalue weighted by Crippen LogP contribution is 2.44. The molecule has 0 radical (unpaired) electrons. The number of carbonyl (C=O) groups is 4. The van der Waals surface area contributed by atoms with Gasteiger partial charge in [-0.1, -0.05) is 48.9 Å². The monoisotopic (exact) mass is 578 g/mol. The Labute approximate surface area is 241 Å². The maximum absolute atomic E-state index is 13.5. The molecule has 10 nitrogen and oxygen atoms in total. The van der Waals surface area contributed by atoms with Crippen LogP contribution in [0.5, 0.6) is 5.75 Å². The van der Waals surface area contributed by atoms with Gasteiger partial charge in [0.25, 0.3) is 5.78 Å². The predicted molar refractivity (Wildman–Crippen MR) is 152 cm³/mol. The van der Waals surface area contributed by atoms with Crippen LogP contribution in [0.3, 0.4) is 0 Å². The number of benzene rings is 2. The molecule has 4 rings (SSSR count). The Morgan fingerprint density at radius 3 is 2.44 bits per heavy atom. The maximum Gasteiger partial charge on any atom is 0.350 e. The van der Waals surface area contributed by atoms with E-state index < -0.39 is 35.4 Å². The Hall–Kier alpha value is -4.51. The van der Waals surface area contributed by atoms with Crippen molar-refractivity contribution in [3.63, 3.8) is 0 Å². The molecule has 1 aromatic heterocycles. The number of amides is 1. The van der Waals surface area contributed by atoms with Crippen LogP contribution in [0, 0.1) is 6.92 Å². The first-order valence-corrected chi connectivity index (χ1v) is 13.9. The van der Waals surface area contributed by atoms with Crippen molar-refractivity contribution in [3.05, 3.63) is 81.4 Å². The quantitative estimate of drug-likeness (QED) is 0.113. The van der Waals surface area contributed by atoms with Crippen LogP contribution in [0.15, 0.2) is 54.1 Å². The van der Waals surface area contributed by atoms with Crippen molar-refractivity contribution in [2.24, 2.45) is 0 Å². The standard InChI is InChI=1S/C30H30N2O8S/c1-5-7-15-40-21-10-8-9-20(16-21)24(33)22-23(18-11-13-19(14-12-18)28(36)38-4)32(27(35)25(22)34)30-31-17(3)26(41-30)29(37)39-6-2/h8-14,16,23,33H,5-7,15H2,1-4H3. The Balaban J connectivity index is 1.86. The molecule has 3 aromatic rings. The van der Waals surface area contributed by atoms with Crippen LogP contribution in [-0.4, -0.2) is 54.0 Å². The van der Waals surface area contributed by atoms with Gasteiger partial charge in [-0.15, -0.1) is 0 Å². The summed E-state index contributed by atoms with van der Waals surface area (Å²) in [6.07, 6.45) is 1.80. The fourth-order valence-corrected chi connectivity index (χ4v) is 5.35. The highest BCUT2D eigenvalue weighted by Gasteiger charge is 2.48. The van der Waals surface area contributed by atoms with Crippen LogP contribution in [0.4, 0.5) is 5.13 Å². The van der Waals surface area contributed by atoms with Gasteiger partial charge in [0.15, 0.2) is 5.13 Å². The highest BCUT2D eigenvalue weighted by molar-refractivity contribution is 7.17. The van der Waals surface area contributed by atoms with Crippen molar-refractivity contribution >= 4 is 45.9 Å². The number of anilines is 1. The van der Waals surface area contributed by atoms with Crippen LogP contribution in [-0.2, 0) is 19.1 Å². The third kappa shape index (κ3) is 5.99. The van der Waals surface area contributed by atoms with Gasteiger partial charge in [-0.3, -0.25) is 14.5 Å². The van der Waals surface area contributed by atoms with Crippen molar-refractivity contribution < 1.29 is 38.5 Å². The number of hydrogen-bond acceptors (Lipinski definition) is 10. The van der Waals surface area contributed by atoms with E-state index in [9.17, 15) is 24.3 Å². The van der Waals surface area contributed by atoms with Crippen LogP contribution in [0.1, 0.15) is 69.6 Å². The van der Waals surface area contributed by atoms with E-state index in [1.165, 1.54) is 19.2 Å². The Kier molecular flexibility index (Phi) is 9.18. The number of thiazole rings is 1. The number of nitrogens with zero attached hydrogens (tertiary/aromatic N) is 2. The van der Waals surface area contributed by atoms with Crippen molar-refractivity contribution in [2.75, 3.05) is 25.2 Å². The zero-order chi connectivity index (χ0) is 29.7. The molecule has 41 heavy (non-hydrogen) atoms. The lowest BCUT2D eigenvalue weighted by atomic mass is 9.94. The highest BCUT2D eigenvalue weighted by atomic mass is 32.1. The van der Waals surface area contributed by atoms with Gasteiger partial charge in [0.2, 0.25) is 0 Å². The summed E-state index contributed by atoms with van der Waals surface area (Å²) in [7, 11) is 1.26. The number of unbranched alkanes of at least 4 members (excludes halogenated alkanes) is 1. The van der Waals surface area contributed by atoms with E-state index >= 15 is 0 Å². The number of esters is 2. The van der Waals surface area contributed by atoms with Gasteiger partial charge >= 0.3 is 17.8 Å². The van der Waals surface area contributed by atoms with E-state index in [1.807, 2.05) is 6.92 Å². The van der Waals surface area contributed by atoms with Gasteiger partial charge in [0.05, 0.1) is 43.2 Å². The molecule has 11 heteroatoms. The van der Waals surface area contributed by atoms with Gasteiger partial charge in [-0.2, -0.15) is 0 Å². The van der Waals surface area contributed by atoms with E-state index in [4.69, 9.17) is 14.2 Å². The van der Waals surface area contributed by atoms with Crippen molar-refractivity contribution in [2.45, 2.75) is 39.7 Å². The lowest BCUT2D eigenvalue weighted by Crippen LogP contribution is -2.29. The summed E-state index contributed by atoms with van der Waals surface area (Å²) in [5.74, 6) is -2.89. The van der Waals surface area contributed by atoms with Crippen molar-refractivity contribution in [3.8, 4) is 5.75 Å². The molecule has 1 aliphatic rings. The van der Waals surface area contributed by atoms with Gasteiger partial charge in [-0.05, 0) is 50.1 Å². The normalized spacial score (nSPS) is 16.1. The maximum atomic E-state index is 13.5. The number of ether oxygens (including phenoxy) is 3. The topological polar surface area (TPSA) is 132 Å². The lowest BCUT2D eigenvalue weighted by Gasteiger charge is -2.23. The number of aliphatic hydroxyl groups excluding tert-OH is 1. The minimum absolute atomic E-state index is 0.0883. The number of carbonyl (C=O) groups excluding carboxylic acids is 4. The average molecular weight is 579 g/mol. The van der Waals surface area contributed by atoms with Crippen LogP contribution < -0.4 is 9.64 Å². The zero-order valence-electron chi connectivity index (χ0n) is 23.1. The van der Waals surface area contributed by atoms with E-state index in [2.05, 4.69) is 4.98 Å².